The number of benzene rings is 1. The first-order valence-electron chi connectivity index (χ1n) is 7.83. The van der Waals surface area contributed by atoms with Gasteiger partial charge in [0.2, 0.25) is 0 Å². The van der Waals surface area contributed by atoms with Crippen molar-refractivity contribution >= 4 is 0 Å². The highest BCUT2D eigenvalue weighted by Gasteiger charge is 2.26. The molecule has 1 aromatic carbocycles. The molecule has 1 aliphatic carbocycles. The van der Waals surface area contributed by atoms with Crippen LogP contribution in [0.1, 0.15) is 30.4 Å². The summed E-state index contributed by atoms with van der Waals surface area (Å²) in [5, 5.41) is 22.7. The summed E-state index contributed by atoms with van der Waals surface area (Å²) < 4.78 is 5.76. The number of aliphatic hydroxyl groups is 2. The van der Waals surface area contributed by atoms with Gasteiger partial charge in [0.15, 0.2) is 0 Å². The van der Waals surface area contributed by atoms with Gasteiger partial charge in [0.25, 0.3) is 0 Å². The highest BCUT2D eigenvalue weighted by Crippen LogP contribution is 2.25. The number of aliphatic hydroxyl groups excluding tert-OH is 2. The molecule has 0 bridgehead atoms. The Hall–Kier alpha value is -1.10. The topological polar surface area (TPSA) is 61.7 Å². The van der Waals surface area contributed by atoms with Gasteiger partial charge in [-0.05, 0) is 43.7 Å². The molecule has 0 saturated heterocycles. The third kappa shape index (κ3) is 4.43. The van der Waals surface area contributed by atoms with E-state index < -0.39 is 6.10 Å². The molecular weight excluding hydrogens is 266 g/mol. The van der Waals surface area contributed by atoms with E-state index in [9.17, 15) is 10.2 Å². The predicted octanol–water partition coefficient (Wildman–Crippen LogP) is 1.79. The fourth-order valence-corrected chi connectivity index (χ4v) is 3.08. The molecule has 1 fully saturated rings. The van der Waals surface area contributed by atoms with Crippen LogP contribution in [0, 0.1) is 19.8 Å². The second-order valence-electron chi connectivity index (χ2n) is 6.07. The first kappa shape index (κ1) is 16.3. The van der Waals surface area contributed by atoms with Crippen molar-refractivity contribution in [2.24, 2.45) is 5.92 Å². The number of nitrogens with one attached hydrogen (secondary N) is 1. The molecule has 4 heteroatoms. The van der Waals surface area contributed by atoms with Gasteiger partial charge >= 0.3 is 0 Å². The lowest BCUT2D eigenvalue weighted by Crippen LogP contribution is -2.40. The van der Waals surface area contributed by atoms with Crippen LogP contribution >= 0.6 is 0 Å². The number of rotatable bonds is 7. The van der Waals surface area contributed by atoms with Crippen LogP contribution in [-0.4, -0.2) is 42.1 Å². The highest BCUT2D eigenvalue weighted by atomic mass is 16.5. The van der Waals surface area contributed by atoms with Crippen LogP contribution in [0.25, 0.3) is 0 Å². The fraction of sp³-hybridized carbons (Fsp3) is 0.647. The van der Waals surface area contributed by atoms with Gasteiger partial charge in [-0.1, -0.05) is 24.6 Å². The zero-order valence-electron chi connectivity index (χ0n) is 13.0. The zero-order valence-corrected chi connectivity index (χ0v) is 13.0. The number of hydrogen-bond acceptors (Lipinski definition) is 4. The Labute approximate surface area is 127 Å². The van der Waals surface area contributed by atoms with Crippen molar-refractivity contribution in [3.05, 3.63) is 29.3 Å². The molecule has 0 spiro atoms. The van der Waals surface area contributed by atoms with Gasteiger partial charge in [0.1, 0.15) is 18.5 Å². The van der Waals surface area contributed by atoms with Crippen molar-refractivity contribution in [1.29, 1.82) is 0 Å². The minimum Gasteiger partial charge on any atom is -0.490 e. The van der Waals surface area contributed by atoms with E-state index in [1.165, 1.54) is 0 Å². The summed E-state index contributed by atoms with van der Waals surface area (Å²) in [5.74, 6) is 1.20. The minimum absolute atomic E-state index is 0.229. The Balaban J connectivity index is 1.76. The van der Waals surface area contributed by atoms with Crippen LogP contribution in [-0.2, 0) is 0 Å². The SMILES string of the molecule is Cc1cccc(C)c1OCC(O)CNC1CCCC1CO. The van der Waals surface area contributed by atoms with Crippen molar-refractivity contribution in [3.63, 3.8) is 0 Å². The van der Waals surface area contributed by atoms with Gasteiger partial charge in [-0.15, -0.1) is 0 Å². The molecule has 1 aromatic rings. The average Bonchev–Trinajstić information content (AvgIpc) is 2.92. The van der Waals surface area contributed by atoms with E-state index in [2.05, 4.69) is 5.32 Å². The molecule has 0 aliphatic heterocycles. The van der Waals surface area contributed by atoms with E-state index in [0.717, 1.165) is 36.1 Å². The summed E-state index contributed by atoms with van der Waals surface area (Å²) >= 11 is 0. The molecule has 3 unspecified atom stereocenters. The van der Waals surface area contributed by atoms with Crippen LogP contribution in [0.4, 0.5) is 0 Å². The molecule has 4 nitrogen and oxygen atoms in total. The summed E-state index contributed by atoms with van der Waals surface area (Å²) in [6.07, 6.45) is 2.76. The van der Waals surface area contributed by atoms with E-state index in [0.29, 0.717) is 18.5 Å². The molecule has 0 radical (unpaired) electrons. The van der Waals surface area contributed by atoms with Crippen molar-refractivity contribution < 1.29 is 14.9 Å². The maximum atomic E-state index is 10.1. The van der Waals surface area contributed by atoms with Crippen molar-refractivity contribution in [2.75, 3.05) is 19.8 Å². The second kappa shape index (κ2) is 7.78. The van der Waals surface area contributed by atoms with Crippen molar-refractivity contribution in [2.45, 2.75) is 45.3 Å². The van der Waals surface area contributed by atoms with Crippen LogP contribution < -0.4 is 10.1 Å². The van der Waals surface area contributed by atoms with E-state index in [1.807, 2.05) is 32.0 Å². The lowest BCUT2D eigenvalue weighted by Gasteiger charge is -2.21. The molecule has 3 N–H and O–H groups in total. The molecule has 1 saturated carbocycles. The molecule has 21 heavy (non-hydrogen) atoms. The minimum atomic E-state index is -0.538. The Morgan fingerprint density at radius 1 is 1.29 bits per heavy atom. The van der Waals surface area contributed by atoms with Crippen molar-refractivity contribution in [3.8, 4) is 5.75 Å². The monoisotopic (exact) mass is 293 g/mol. The highest BCUT2D eigenvalue weighted by molar-refractivity contribution is 5.39. The molecule has 2 rings (SSSR count). The van der Waals surface area contributed by atoms with Crippen LogP contribution in [0.3, 0.4) is 0 Å². The Morgan fingerprint density at radius 3 is 2.67 bits per heavy atom. The van der Waals surface area contributed by atoms with Gasteiger partial charge < -0.3 is 20.3 Å². The molecule has 3 atom stereocenters. The zero-order chi connectivity index (χ0) is 15.2. The maximum Gasteiger partial charge on any atom is 0.125 e. The number of aryl methyl sites for hydroxylation is 2. The largest absolute Gasteiger partial charge is 0.490 e. The van der Waals surface area contributed by atoms with E-state index in [1.54, 1.807) is 0 Å². The first-order valence-corrected chi connectivity index (χ1v) is 7.83. The van der Waals surface area contributed by atoms with Gasteiger partial charge in [-0.25, -0.2) is 0 Å². The smallest absolute Gasteiger partial charge is 0.125 e. The van der Waals surface area contributed by atoms with Crippen LogP contribution in [0.15, 0.2) is 18.2 Å². The normalized spacial score (nSPS) is 23.2. The lowest BCUT2D eigenvalue weighted by atomic mass is 10.1. The Bertz CT molecular complexity index is 429. The van der Waals surface area contributed by atoms with E-state index in [4.69, 9.17) is 4.74 Å². The maximum absolute atomic E-state index is 10.1. The third-order valence-electron chi connectivity index (χ3n) is 4.34. The molecule has 0 amide bonds. The molecule has 0 aromatic heterocycles. The quantitative estimate of drug-likeness (QED) is 0.717. The number of hydrogen-bond donors (Lipinski definition) is 3. The Morgan fingerprint density at radius 2 is 2.00 bits per heavy atom. The number of para-hydroxylation sites is 1. The third-order valence-corrected chi connectivity index (χ3v) is 4.34. The predicted molar refractivity (Wildman–Crippen MR) is 83.6 cm³/mol. The standard InChI is InChI=1S/C17H27NO3/c1-12-5-3-6-13(2)17(12)21-11-15(20)9-18-16-8-4-7-14(16)10-19/h3,5-6,14-16,18-20H,4,7-11H2,1-2H3. The van der Waals surface area contributed by atoms with Gasteiger partial charge in [0, 0.05) is 19.2 Å². The van der Waals surface area contributed by atoms with Gasteiger partial charge in [-0.3, -0.25) is 0 Å². The first-order chi connectivity index (χ1) is 10.1. The fourth-order valence-electron chi connectivity index (χ4n) is 3.08. The molecular formula is C17H27NO3. The average molecular weight is 293 g/mol. The van der Waals surface area contributed by atoms with Crippen LogP contribution in [0.5, 0.6) is 5.75 Å². The van der Waals surface area contributed by atoms with E-state index >= 15 is 0 Å². The Kier molecular flexibility index (Phi) is 6.03. The summed E-state index contributed by atoms with van der Waals surface area (Å²) in [7, 11) is 0. The van der Waals surface area contributed by atoms with Crippen LogP contribution in [0.2, 0.25) is 0 Å². The molecule has 118 valence electrons. The van der Waals surface area contributed by atoms with Crippen molar-refractivity contribution in [1.82, 2.24) is 5.32 Å². The second-order valence-corrected chi connectivity index (χ2v) is 6.07. The summed E-state index contributed by atoms with van der Waals surface area (Å²) in [6, 6.07) is 6.35. The summed E-state index contributed by atoms with van der Waals surface area (Å²) in [6.45, 7) is 5.04. The number of ether oxygens (including phenoxy) is 1. The molecule has 1 aliphatic rings. The van der Waals surface area contributed by atoms with Gasteiger partial charge in [0.05, 0.1) is 0 Å². The summed E-state index contributed by atoms with van der Waals surface area (Å²) in [5.41, 5.74) is 2.18. The summed E-state index contributed by atoms with van der Waals surface area (Å²) in [4.78, 5) is 0. The van der Waals surface area contributed by atoms with Gasteiger partial charge in [-0.2, -0.15) is 0 Å². The molecule has 0 heterocycles. The van der Waals surface area contributed by atoms with E-state index in [-0.39, 0.29) is 13.2 Å². The lowest BCUT2D eigenvalue weighted by molar-refractivity contribution is 0.0985.